The molecule has 0 spiro atoms. The second kappa shape index (κ2) is 6.69. The van der Waals surface area contributed by atoms with Crippen LogP contribution in [0, 0.1) is 0 Å². The maximum Gasteiger partial charge on any atom is 0.387 e. The van der Waals surface area contributed by atoms with Gasteiger partial charge in [0.05, 0.1) is 18.2 Å². The van der Waals surface area contributed by atoms with Crippen molar-refractivity contribution in [3.63, 3.8) is 0 Å². The van der Waals surface area contributed by atoms with Gasteiger partial charge in [-0.2, -0.15) is 8.78 Å². The fourth-order valence-electron chi connectivity index (χ4n) is 2.27. The van der Waals surface area contributed by atoms with Crippen molar-refractivity contribution < 1.29 is 33.0 Å². The minimum Gasteiger partial charge on any atom is -0.479 e. The van der Waals surface area contributed by atoms with Crippen molar-refractivity contribution in [3.05, 3.63) is 29.8 Å². The van der Waals surface area contributed by atoms with Gasteiger partial charge in [0, 0.05) is 6.54 Å². The smallest absolute Gasteiger partial charge is 0.387 e. The fourth-order valence-corrected chi connectivity index (χ4v) is 2.27. The summed E-state index contributed by atoms with van der Waals surface area (Å²) in [5.74, 6) is -1.99. The summed E-state index contributed by atoms with van der Waals surface area (Å²) < 4.78 is 34.3. The number of carbonyl (C=O) groups is 2. The van der Waals surface area contributed by atoms with E-state index in [9.17, 15) is 18.4 Å². The predicted octanol–water partition coefficient (Wildman–Crippen LogP) is 1.60. The summed E-state index contributed by atoms with van der Waals surface area (Å²) in [6, 6.07) is 5.61. The standard InChI is InChI=1S/C14H15F2NO5/c1-8-6-17(7-11(21-8)13(19)20)12(18)9-4-2-3-5-10(9)22-14(15)16/h2-5,8,11,14H,6-7H2,1H3,(H,19,20)/t8-,11?/m1/s1. The first-order chi connectivity index (χ1) is 10.4. The van der Waals surface area contributed by atoms with Gasteiger partial charge in [-0.25, -0.2) is 4.79 Å². The molecule has 0 radical (unpaired) electrons. The van der Waals surface area contributed by atoms with Gasteiger partial charge in [0.1, 0.15) is 5.75 Å². The molecular formula is C14H15F2NO5. The van der Waals surface area contributed by atoms with Gasteiger partial charge in [-0.3, -0.25) is 4.79 Å². The van der Waals surface area contributed by atoms with Gasteiger partial charge in [-0.15, -0.1) is 0 Å². The quantitative estimate of drug-likeness (QED) is 0.913. The van der Waals surface area contributed by atoms with Crippen molar-refractivity contribution in [2.24, 2.45) is 0 Å². The summed E-state index contributed by atoms with van der Waals surface area (Å²) in [5.41, 5.74) is -0.0407. The molecule has 1 amide bonds. The normalized spacial score (nSPS) is 21.7. The van der Waals surface area contributed by atoms with Crippen LogP contribution in [0.4, 0.5) is 8.78 Å². The molecule has 1 fully saturated rings. The molecule has 120 valence electrons. The second-order valence-corrected chi connectivity index (χ2v) is 4.86. The molecule has 1 unspecified atom stereocenters. The number of carboxylic acid groups (broad SMARTS) is 1. The predicted molar refractivity (Wildman–Crippen MR) is 70.9 cm³/mol. The van der Waals surface area contributed by atoms with Crippen molar-refractivity contribution in [3.8, 4) is 5.75 Å². The van der Waals surface area contributed by atoms with Crippen LogP contribution in [0.2, 0.25) is 0 Å². The van der Waals surface area contributed by atoms with Crippen molar-refractivity contribution in [1.29, 1.82) is 0 Å². The van der Waals surface area contributed by atoms with E-state index in [-0.39, 0.29) is 24.4 Å². The number of ether oxygens (including phenoxy) is 2. The van der Waals surface area contributed by atoms with Gasteiger partial charge >= 0.3 is 12.6 Å². The highest BCUT2D eigenvalue weighted by Gasteiger charge is 2.33. The van der Waals surface area contributed by atoms with Crippen LogP contribution in [0.5, 0.6) is 5.75 Å². The number of hydrogen-bond acceptors (Lipinski definition) is 4. The van der Waals surface area contributed by atoms with Crippen molar-refractivity contribution >= 4 is 11.9 Å². The van der Waals surface area contributed by atoms with Crippen LogP contribution in [0.1, 0.15) is 17.3 Å². The van der Waals surface area contributed by atoms with Gasteiger partial charge in [0.2, 0.25) is 0 Å². The average Bonchev–Trinajstić information content (AvgIpc) is 2.45. The van der Waals surface area contributed by atoms with Crippen molar-refractivity contribution in [1.82, 2.24) is 4.90 Å². The Morgan fingerprint density at radius 2 is 2.05 bits per heavy atom. The Labute approximate surface area is 125 Å². The summed E-state index contributed by atoms with van der Waals surface area (Å²) in [6.07, 6.45) is -1.61. The zero-order valence-corrected chi connectivity index (χ0v) is 11.7. The summed E-state index contributed by atoms with van der Waals surface area (Å²) in [4.78, 5) is 24.8. The van der Waals surface area contributed by atoms with Crippen LogP contribution < -0.4 is 4.74 Å². The van der Waals surface area contributed by atoms with Crippen LogP contribution in [-0.4, -0.2) is 53.8 Å². The molecule has 0 aliphatic carbocycles. The highest BCUT2D eigenvalue weighted by molar-refractivity contribution is 5.97. The summed E-state index contributed by atoms with van der Waals surface area (Å²) in [5, 5.41) is 9.01. The van der Waals surface area contributed by atoms with Gasteiger partial charge in [0.15, 0.2) is 6.10 Å². The monoisotopic (exact) mass is 315 g/mol. The molecule has 0 aromatic heterocycles. The topological polar surface area (TPSA) is 76.1 Å². The molecule has 0 bridgehead atoms. The highest BCUT2D eigenvalue weighted by Crippen LogP contribution is 2.23. The van der Waals surface area contributed by atoms with Crippen LogP contribution in [-0.2, 0) is 9.53 Å². The molecule has 2 atom stereocenters. The molecule has 6 nitrogen and oxygen atoms in total. The Hall–Kier alpha value is -2.22. The molecule has 8 heteroatoms. The largest absolute Gasteiger partial charge is 0.479 e. The zero-order valence-electron chi connectivity index (χ0n) is 11.7. The minimum absolute atomic E-state index is 0.0407. The number of hydrogen-bond donors (Lipinski definition) is 1. The Morgan fingerprint density at radius 1 is 1.36 bits per heavy atom. The SMILES string of the molecule is C[C@@H]1CN(C(=O)c2ccccc2OC(F)F)CC(C(=O)O)O1. The van der Waals surface area contributed by atoms with Gasteiger partial charge in [0.25, 0.3) is 5.91 Å². The molecular weight excluding hydrogens is 300 g/mol. The number of carboxylic acids is 1. The number of benzene rings is 1. The van der Waals surface area contributed by atoms with Crippen LogP contribution in [0.25, 0.3) is 0 Å². The average molecular weight is 315 g/mol. The van der Waals surface area contributed by atoms with E-state index >= 15 is 0 Å². The van der Waals surface area contributed by atoms with E-state index in [4.69, 9.17) is 9.84 Å². The lowest BCUT2D eigenvalue weighted by Gasteiger charge is -2.35. The molecule has 1 aromatic carbocycles. The molecule has 1 aliphatic rings. The molecule has 0 saturated carbocycles. The second-order valence-electron chi connectivity index (χ2n) is 4.86. The molecule has 1 aromatic rings. The lowest BCUT2D eigenvalue weighted by molar-refractivity contribution is -0.160. The lowest BCUT2D eigenvalue weighted by Crippen LogP contribution is -2.51. The maximum atomic E-state index is 12.5. The fraction of sp³-hybridized carbons (Fsp3) is 0.429. The van der Waals surface area contributed by atoms with Gasteiger partial charge in [-0.05, 0) is 19.1 Å². The summed E-state index contributed by atoms with van der Waals surface area (Å²) >= 11 is 0. The number of carbonyl (C=O) groups excluding carboxylic acids is 1. The summed E-state index contributed by atoms with van der Waals surface area (Å²) in [7, 11) is 0. The van der Waals surface area contributed by atoms with E-state index in [1.54, 1.807) is 6.92 Å². The Morgan fingerprint density at radius 3 is 2.68 bits per heavy atom. The van der Waals surface area contributed by atoms with Crippen LogP contribution in [0.3, 0.4) is 0 Å². The number of morpholine rings is 1. The number of rotatable bonds is 4. The van der Waals surface area contributed by atoms with Crippen LogP contribution in [0.15, 0.2) is 24.3 Å². The van der Waals surface area contributed by atoms with Gasteiger partial charge < -0.3 is 19.5 Å². The first-order valence-electron chi connectivity index (χ1n) is 6.60. The number of amides is 1. The van der Waals surface area contributed by atoms with Gasteiger partial charge in [-0.1, -0.05) is 12.1 Å². The molecule has 1 heterocycles. The van der Waals surface area contributed by atoms with E-state index < -0.39 is 30.7 Å². The van der Waals surface area contributed by atoms with Crippen LogP contribution >= 0.6 is 0 Å². The number of aliphatic carboxylic acids is 1. The number of halogens is 2. The third kappa shape index (κ3) is 3.70. The molecule has 22 heavy (non-hydrogen) atoms. The van der Waals surface area contributed by atoms with E-state index in [1.165, 1.54) is 29.2 Å². The highest BCUT2D eigenvalue weighted by atomic mass is 19.3. The Balaban J connectivity index is 2.22. The Bertz CT molecular complexity index is 566. The van der Waals surface area contributed by atoms with E-state index in [1.807, 2.05) is 0 Å². The number of para-hydroxylation sites is 1. The molecule has 1 saturated heterocycles. The molecule has 2 rings (SSSR count). The zero-order chi connectivity index (χ0) is 16.3. The summed E-state index contributed by atoms with van der Waals surface area (Å²) in [6.45, 7) is -1.39. The van der Waals surface area contributed by atoms with Crippen molar-refractivity contribution in [2.75, 3.05) is 13.1 Å². The molecule has 1 N–H and O–H groups in total. The Kier molecular flexibility index (Phi) is 4.92. The number of nitrogens with zero attached hydrogens (tertiary/aromatic N) is 1. The van der Waals surface area contributed by atoms with E-state index in [0.717, 1.165) is 0 Å². The third-order valence-electron chi connectivity index (χ3n) is 3.16. The first-order valence-corrected chi connectivity index (χ1v) is 6.60. The maximum absolute atomic E-state index is 12.5. The first kappa shape index (κ1) is 16.2. The van der Waals surface area contributed by atoms with E-state index in [2.05, 4.69) is 4.74 Å². The lowest BCUT2D eigenvalue weighted by atomic mass is 10.1. The van der Waals surface area contributed by atoms with E-state index in [0.29, 0.717) is 0 Å². The molecule has 1 aliphatic heterocycles. The third-order valence-corrected chi connectivity index (χ3v) is 3.16. The number of alkyl halides is 2. The minimum atomic E-state index is -3.05. The van der Waals surface area contributed by atoms with Crippen molar-refractivity contribution in [2.45, 2.75) is 25.7 Å².